The number of guanidine groups is 1. The van der Waals surface area contributed by atoms with Crippen molar-refractivity contribution in [2.24, 2.45) is 4.99 Å². The SMILES string of the molecule is CCCC(=O)Nc1ccc(CNC(=NC)NCCCCOCC)cc1. The van der Waals surface area contributed by atoms with E-state index in [4.69, 9.17) is 4.74 Å². The standard InChI is InChI=1S/C19H32N4O2/c1-4-8-18(24)23-17-11-9-16(10-12-17)15-22-19(20-3)21-13-6-7-14-25-5-2/h9-12H,4-8,13-15H2,1-3H3,(H,23,24)(H2,20,21,22). The van der Waals surface area contributed by atoms with Crippen LogP contribution in [0, 0.1) is 0 Å². The molecule has 0 heterocycles. The summed E-state index contributed by atoms with van der Waals surface area (Å²) in [5, 5.41) is 9.47. The summed E-state index contributed by atoms with van der Waals surface area (Å²) in [6.07, 6.45) is 3.50. The topological polar surface area (TPSA) is 74.8 Å². The molecule has 0 radical (unpaired) electrons. The molecule has 6 nitrogen and oxygen atoms in total. The summed E-state index contributed by atoms with van der Waals surface area (Å²) in [5.41, 5.74) is 1.96. The summed E-state index contributed by atoms with van der Waals surface area (Å²) in [6, 6.07) is 7.86. The van der Waals surface area contributed by atoms with Gasteiger partial charge in [0.1, 0.15) is 0 Å². The van der Waals surface area contributed by atoms with E-state index in [1.54, 1.807) is 7.05 Å². The number of nitrogens with one attached hydrogen (secondary N) is 3. The number of rotatable bonds is 11. The van der Waals surface area contributed by atoms with Gasteiger partial charge in [0.25, 0.3) is 0 Å². The fourth-order valence-corrected chi connectivity index (χ4v) is 2.24. The molecule has 0 saturated carbocycles. The molecule has 6 heteroatoms. The molecule has 1 aromatic rings. The van der Waals surface area contributed by atoms with Gasteiger partial charge in [0.2, 0.25) is 5.91 Å². The highest BCUT2D eigenvalue weighted by Crippen LogP contribution is 2.10. The average molecular weight is 348 g/mol. The van der Waals surface area contributed by atoms with Crippen LogP contribution in [0.5, 0.6) is 0 Å². The van der Waals surface area contributed by atoms with Gasteiger partial charge in [0, 0.05) is 45.5 Å². The van der Waals surface area contributed by atoms with E-state index in [-0.39, 0.29) is 5.91 Å². The van der Waals surface area contributed by atoms with Crippen molar-refractivity contribution < 1.29 is 9.53 Å². The maximum atomic E-state index is 11.6. The number of benzene rings is 1. The van der Waals surface area contributed by atoms with Gasteiger partial charge >= 0.3 is 0 Å². The van der Waals surface area contributed by atoms with Crippen molar-refractivity contribution >= 4 is 17.6 Å². The lowest BCUT2D eigenvalue weighted by molar-refractivity contribution is -0.116. The first-order valence-corrected chi connectivity index (χ1v) is 9.10. The first-order chi connectivity index (χ1) is 12.2. The minimum absolute atomic E-state index is 0.0577. The Hall–Kier alpha value is -2.08. The van der Waals surface area contributed by atoms with E-state index in [9.17, 15) is 4.79 Å². The van der Waals surface area contributed by atoms with E-state index >= 15 is 0 Å². The van der Waals surface area contributed by atoms with Gasteiger partial charge in [-0.15, -0.1) is 0 Å². The molecule has 1 amide bonds. The predicted molar refractivity (Wildman–Crippen MR) is 104 cm³/mol. The Morgan fingerprint density at radius 2 is 1.88 bits per heavy atom. The summed E-state index contributed by atoms with van der Waals surface area (Å²) in [4.78, 5) is 15.8. The zero-order valence-corrected chi connectivity index (χ0v) is 15.7. The Labute approximate surface area is 151 Å². The lowest BCUT2D eigenvalue weighted by Crippen LogP contribution is -2.37. The van der Waals surface area contributed by atoms with Crippen LogP contribution in [0.25, 0.3) is 0 Å². The fourth-order valence-electron chi connectivity index (χ4n) is 2.24. The van der Waals surface area contributed by atoms with Gasteiger partial charge < -0.3 is 20.7 Å². The normalized spacial score (nSPS) is 11.2. The molecule has 3 N–H and O–H groups in total. The van der Waals surface area contributed by atoms with Gasteiger partial charge in [-0.2, -0.15) is 0 Å². The minimum atomic E-state index is 0.0577. The van der Waals surface area contributed by atoms with Crippen molar-refractivity contribution in [2.45, 2.75) is 46.1 Å². The van der Waals surface area contributed by atoms with Crippen LogP contribution in [0.1, 0.15) is 45.1 Å². The zero-order valence-electron chi connectivity index (χ0n) is 15.7. The summed E-state index contributed by atoms with van der Waals surface area (Å²) >= 11 is 0. The molecule has 0 aliphatic rings. The van der Waals surface area contributed by atoms with Crippen LogP contribution in [0.3, 0.4) is 0 Å². The summed E-state index contributed by atoms with van der Waals surface area (Å²) < 4.78 is 5.32. The zero-order chi connectivity index (χ0) is 18.3. The molecule has 25 heavy (non-hydrogen) atoms. The number of carbonyl (C=O) groups excluding carboxylic acids is 1. The van der Waals surface area contributed by atoms with Gasteiger partial charge in [0.15, 0.2) is 5.96 Å². The van der Waals surface area contributed by atoms with Gasteiger partial charge in [-0.3, -0.25) is 9.79 Å². The Balaban J connectivity index is 2.29. The van der Waals surface area contributed by atoms with Crippen LogP contribution < -0.4 is 16.0 Å². The number of ether oxygens (including phenoxy) is 1. The molecule has 0 unspecified atom stereocenters. The molecule has 1 aromatic carbocycles. The van der Waals surface area contributed by atoms with Crippen molar-refractivity contribution in [1.29, 1.82) is 0 Å². The molecule has 0 aromatic heterocycles. The van der Waals surface area contributed by atoms with Crippen LogP contribution in [0.15, 0.2) is 29.3 Å². The lowest BCUT2D eigenvalue weighted by Gasteiger charge is -2.12. The Kier molecular flexibility index (Phi) is 11.1. The summed E-state index contributed by atoms with van der Waals surface area (Å²) in [7, 11) is 1.77. The molecular formula is C19H32N4O2. The van der Waals surface area contributed by atoms with Crippen molar-refractivity contribution in [3.05, 3.63) is 29.8 Å². The van der Waals surface area contributed by atoms with E-state index in [1.807, 2.05) is 38.1 Å². The van der Waals surface area contributed by atoms with Gasteiger partial charge in [-0.1, -0.05) is 19.1 Å². The third-order valence-electron chi connectivity index (χ3n) is 3.61. The third-order valence-corrected chi connectivity index (χ3v) is 3.61. The minimum Gasteiger partial charge on any atom is -0.382 e. The Bertz CT molecular complexity index is 515. The van der Waals surface area contributed by atoms with Crippen molar-refractivity contribution in [3.63, 3.8) is 0 Å². The van der Waals surface area contributed by atoms with Gasteiger partial charge in [0.05, 0.1) is 0 Å². The number of aliphatic imine (C=N–C) groups is 1. The monoisotopic (exact) mass is 348 g/mol. The van der Waals surface area contributed by atoms with Crippen molar-refractivity contribution in [1.82, 2.24) is 10.6 Å². The second-order valence-electron chi connectivity index (χ2n) is 5.75. The lowest BCUT2D eigenvalue weighted by atomic mass is 10.2. The summed E-state index contributed by atoms with van der Waals surface area (Å²) in [5.74, 6) is 0.846. The van der Waals surface area contributed by atoms with E-state index in [0.29, 0.717) is 13.0 Å². The van der Waals surface area contributed by atoms with Crippen LogP contribution in [-0.4, -0.2) is 38.7 Å². The summed E-state index contributed by atoms with van der Waals surface area (Å²) in [6.45, 7) is 7.14. The van der Waals surface area contributed by atoms with Crippen LogP contribution in [-0.2, 0) is 16.1 Å². The molecule has 0 aliphatic heterocycles. The Morgan fingerprint density at radius 1 is 1.12 bits per heavy atom. The second kappa shape index (κ2) is 13.2. The van der Waals surface area contributed by atoms with Crippen molar-refractivity contribution in [2.75, 3.05) is 32.1 Å². The first kappa shape index (κ1) is 21.0. The van der Waals surface area contributed by atoms with Crippen molar-refractivity contribution in [3.8, 4) is 0 Å². The maximum Gasteiger partial charge on any atom is 0.224 e. The number of amides is 1. The second-order valence-corrected chi connectivity index (χ2v) is 5.75. The highest BCUT2D eigenvalue weighted by Gasteiger charge is 2.02. The van der Waals surface area contributed by atoms with Crippen LogP contribution in [0.4, 0.5) is 5.69 Å². The van der Waals surface area contributed by atoms with Crippen LogP contribution >= 0.6 is 0 Å². The molecular weight excluding hydrogens is 316 g/mol. The molecule has 0 fully saturated rings. The molecule has 0 atom stereocenters. The van der Waals surface area contributed by atoms with Gasteiger partial charge in [-0.25, -0.2) is 0 Å². The fraction of sp³-hybridized carbons (Fsp3) is 0.579. The molecule has 140 valence electrons. The molecule has 0 spiro atoms. The predicted octanol–water partition coefficient (Wildman–Crippen LogP) is 2.91. The number of unbranched alkanes of at least 4 members (excludes halogenated alkanes) is 1. The van der Waals surface area contributed by atoms with Crippen LogP contribution in [0.2, 0.25) is 0 Å². The first-order valence-electron chi connectivity index (χ1n) is 9.10. The highest BCUT2D eigenvalue weighted by molar-refractivity contribution is 5.90. The molecule has 1 rings (SSSR count). The number of hydrogen-bond donors (Lipinski definition) is 3. The van der Waals surface area contributed by atoms with E-state index in [0.717, 1.165) is 56.2 Å². The smallest absolute Gasteiger partial charge is 0.224 e. The van der Waals surface area contributed by atoms with E-state index in [1.165, 1.54) is 0 Å². The number of anilines is 1. The molecule has 0 aliphatic carbocycles. The van der Waals surface area contributed by atoms with E-state index < -0.39 is 0 Å². The number of carbonyl (C=O) groups is 1. The van der Waals surface area contributed by atoms with E-state index in [2.05, 4.69) is 20.9 Å². The van der Waals surface area contributed by atoms with Gasteiger partial charge in [-0.05, 0) is 43.9 Å². The molecule has 0 saturated heterocycles. The number of hydrogen-bond acceptors (Lipinski definition) is 3. The molecule has 0 bridgehead atoms. The average Bonchev–Trinajstić information content (AvgIpc) is 2.62. The largest absolute Gasteiger partial charge is 0.382 e. The maximum absolute atomic E-state index is 11.6. The highest BCUT2D eigenvalue weighted by atomic mass is 16.5. The third kappa shape index (κ3) is 9.72. The quantitative estimate of drug-likeness (QED) is 0.326. The Morgan fingerprint density at radius 3 is 2.52 bits per heavy atom. The number of nitrogens with zero attached hydrogens (tertiary/aromatic N) is 1.